The average Bonchev–Trinajstić information content (AvgIpc) is 3.58. The summed E-state index contributed by atoms with van der Waals surface area (Å²) in [6.45, 7) is 15.2. The summed E-state index contributed by atoms with van der Waals surface area (Å²) >= 11 is 0. The fraction of sp³-hybridized carbons (Fsp3) is 0.457. The highest BCUT2D eigenvalue weighted by molar-refractivity contribution is 6.74. The molecule has 7 rings (SSSR count). The third kappa shape index (κ3) is 7.28. The number of rotatable bonds is 13. The predicted molar refractivity (Wildman–Crippen MR) is 224 cm³/mol. The largest absolute Gasteiger partial charge is 0.507 e. The summed E-state index contributed by atoms with van der Waals surface area (Å²) in [5, 5.41) is 19.8. The van der Waals surface area contributed by atoms with Crippen LogP contribution in [0.4, 0.5) is 10.1 Å². The summed E-state index contributed by atoms with van der Waals surface area (Å²) in [6, 6.07) is 19.9. The monoisotopic (exact) mass is 809 g/mol. The lowest BCUT2D eigenvalue weighted by molar-refractivity contribution is -0.140. The molecule has 3 aliphatic carbocycles. The summed E-state index contributed by atoms with van der Waals surface area (Å²) < 4.78 is 42.4. The fourth-order valence-electron chi connectivity index (χ4n) is 8.47. The van der Waals surface area contributed by atoms with E-state index < -0.39 is 60.0 Å². The Morgan fingerprint density at radius 3 is 2.19 bits per heavy atom. The van der Waals surface area contributed by atoms with Gasteiger partial charge in [-0.05, 0) is 79.6 Å². The van der Waals surface area contributed by atoms with E-state index in [2.05, 4.69) is 45.1 Å². The minimum Gasteiger partial charge on any atom is -0.507 e. The molecule has 0 bridgehead atoms. The van der Waals surface area contributed by atoms with Gasteiger partial charge in [0.05, 0.1) is 17.3 Å². The van der Waals surface area contributed by atoms with Crippen LogP contribution in [0.3, 0.4) is 0 Å². The molecular formula is C46H56FN3O7Si. The van der Waals surface area contributed by atoms with Crippen LogP contribution in [0.1, 0.15) is 91.9 Å². The van der Waals surface area contributed by atoms with Crippen molar-refractivity contribution in [3.05, 3.63) is 112 Å². The van der Waals surface area contributed by atoms with Gasteiger partial charge in [-0.15, -0.1) is 0 Å². The lowest BCUT2D eigenvalue weighted by Crippen LogP contribution is -2.68. The molecule has 12 heteroatoms. The standard InChI is InChI=1S/C46H56FN3O7Si/c1-27(2)20-21-48-34-24-33(47)31-22-30-23-32-38(50(6)7)41-37(44(49-56-41)55-26-29-18-14-11-15-19-29)43(53)46(32,57-58(8,9)45(3,4)5)42(52)35(30)39(51)36(31)40(34)54-25-28-16-12-10-13-17-28/h10-19,24,27,30,32,38,48,51H,20-23,25-26H2,1-9H3/t30-,32-,38-,46?/m0/s1. The molecule has 1 unspecified atom stereocenters. The highest BCUT2D eigenvalue weighted by Gasteiger charge is 2.69. The number of aliphatic hydroxyl groups is 1. The van der Waals surface area contributed by atoms with Crippen molar-refractivity contribution in [3.8, 4) is 11.6 Å². The Balaban J connectivity index is 1.41. The minimum absolute atomic E-state index is 0.0229. The van der Waals surface area contributed by atoms with Crippen LogP contribution in [0, 0.1) is 23.6 Å². The Labute approximate surface area is 341 Å². The molecule has 0 saturated heterocycles. The van der Waals surface area contributed by atoms with Gasteiger partial charge in [-0.1, -0.05) is 95.3 Å². The molecule has 308 valence electrons. The summed E-state index contributed by atoms with van der Waals surface area (Å²) in [5.41, 5.74) is 0.525. The molecule has 1 fully saturated rings. The number of halogens is 1. The number of nitrogens with zero attached hydrogens (tertiary/aromatic N) is 2. The highest BCUT2D eigenvalue weighted by Crippen LogP contribution is 2.59. The molecule has 4 atom stereocenters. The van der Waals surface area contributed by atoms with E-state index in [0.29, 0.717) is 18.2 Å². The van der Waals surface area contributed by atoms with Crippen molar-refractivity contribution >= 4 is 31.3 Å². The van der Waals surface area contributed by atoms with Crippen LogP contribution in [0.5, 0.6) is 11.6 Å². The van der Waals surface area contributed by atoms with Crippen molar-refractivity contribution in [2.75, 3.05) is 26.0 Å². The molecule has 3 aliphatic rings. The summed E-state index contributed by atoms with van der Waals surface area (Å²) in [5.74, 6) is -2.64. The first-order valence-corrected chi connectivity index (χ1v) is 23.2. The number of ether oxygens (including phenoxy) is 2. The van der Waals surface area contributed by atoms with Crippen molar-refractivity contribution in [3.63, 3.8) is 0 Å². The van der Waals surface area contributed by atoms with Crippen molar-refractivity contribution in [1.82, 2.24) is 10.1 Å². The minimum atomic E-state index is -2.95. The third-order valence-corrected chi connectivity index (χ3v) is 16.9. The Morgan fingerprint density at radius 1 is 0.983 bits per heavy atom. The molecule has 2 N–H and O–H groups in total. The maximum absolute atomic E-state index is 16.5. The molecule has 0 radical (unpaired) electrons. The fourth-order valence-corrected chi connectivity index (χ4v) is 9.92. The first kappa shape index (κ1) is 41.4. The van der Waals surface area contributed by atoms with Crippen LogP contribution >= 0.6 is 0 Å². The van der Waals surface area contributed by atoms with Gasteiger partial charge in [-0.2, -0.15) is 0 Å². The quantitative estimate of drug-likeness (QED) is 0.0997. The normalized spacial score (nSPS) is 21.8. The van der Waals surface area contributed by atoms with Gasteiger partial charge < -0.3 is 28.8 Å². The second-order valence-corrected chi connectivity index (χ2v) is 22.9. The van der Waals surface area contributed by atoms with Crippen molar-refractivity contribution < 1.29 is 37.5 Å². The number of carbonyl (C=O) groups excluding carboxylic acids is 2. The first-order chi connectivity index (χ1) is 27.5. The van der Waals surface area contributed by atoms with E-state index in [1.807, 2.05) is 92.8 Å². The molecule has 58 heavy (non-hydrogen) atoms. The van der Waals surface area contributed by atoms with Crippen LogP contribution in [0.2, 0.25) is 18.1 Å². The van der Waals surface area contributed by atoms with Crippen LogP contribution in [0.25, 0.3) is 5.76 Å². The Bertz CT molecular complexity index is 2210. The maximum atomic E-state index is 16.5. The zero-order valence-corrected chi connectivity index (χ0v) is 36.1. The van der Waals surface area contributed by atoms with Crippen molar-refractivity contribution in [2.24, 2.45) is 17.8 Å². The van der Waals surface area contributed by atoms with Gasteiger partial charge >= 0.3 is 0 Å². The Hall–Kier alpha value is -4.78. The molecule has 3 aromatic carbocycles. The molecule has 0 spiro atoms. The van der Waals surface area contributed by atoms with E-state index in [-0.39, 0.29) is 65.7 Å². The molecule has 10 nitrogen and oxygen atoms in total. The number of benzene rings is 3. The van der Waals surface area contributed by atoms with E-state index in [1.54, 1.807) is 0 Å². The summed E-state index contributed by atoms with van der Waals surface area (Å²) in [6.07, 6.45) is 1.15. The molecule has 0 amide bonds. The van der Waals surface area contributed by atoms with E-state index in [9.17, 15) is 5.11 Å². The Morgan fingerprint density at radius 2 is 1.60 bits per heavy atom. The molecule has 1 heterocycles. The topological polar surface area (TPSA) is 123 Å². The Kier molecular flexibility index (Phi) is 11.2. The van der Waals surface area contributed by atoms with Gasteiger partial charge in [-0.25, -0.2) is 4.39 Å². The van der Waals surface area contributed by atoms with E-state index in [0.717, 1.165) is 17.5 Å². The number of fused-ring (bicyclic) bond motifs is 4. The SMILES string of the molecule is CC(C)CCNc1cc(F)c2c(c1OCc1ccccc1)C(O)=C1C(=O)C3(O[Si](C)(C)C(C)(C)C)C(=O)c4c(OCc5ccccc5)noc4[C@@H](N(C)C)[C@@H]3C[C@@H]1C2. The predicted octanol–water partition coefficient (Wildman–Crippen LogP) is 9.72. The van der Waals surface area contributed by atoms with Gasteiger partial charge in [0.2, 0.25) is 11.6 Å². The van der Waals surface area contributed by atoms with Crippen molar-refractivity contribution in [1.29, 1.82) is 0 Å². The van der Waals surface area contributed by atoms with Crippen LogP contribution in [0.15, 0.2) is 76.8 Å². The molecule has 1 saturated carbocycles. The van der Waals surface area contributed by atoms with Gasteiger partial charge in [0, 0.05) is 29.7 Å². The van der Waals surface area contributed by atoms with E-state index in [4.69, 9.17) is 18.4 Å². The molecule has 1 aromatic heterocycles. The third-order valence-electron chi connectivity index (χ3n) is 12.5. The van der Waals surface area contributed by atoms with Crippen LogP contribution in [-0.4, -0.2) is 61.3 Å². The van der Waals surface area contributed by atoms with Crippen LogP contribution in [-0.2, 0) is 28.9 Å². The van der Waals surface area contributed by atoms with E-state index in [1.165, 1.54) is 6.07 Å². The summed E-state index contributed by atoms with van der Waals surface area (Å²) in [4.78, 5) is 33.3. The number of ketones is 2. The average molecular weight is 810 g/mol. The second kappa shape index (κ2) is 15.8. The smallest absolute Gasteiger partial charge is 0.265 e. The number of aromatic nitrogens is 1. The lowest BCUT2D eigenvalue weighted by atomic mass is 9.57. The number of hydrogen-bond acceptors (Lipinski definition) is 10. The molecule has 0 aliphatic heterocycles. The second-order valence-electron chi connectivity index (χ2n) is 18.1. The maximum Gasteiger partial charge on any atom is 0.265 e. The first-order valence-electron chi connectivity index (χ1n) is 20.3. The van der Waals surface area contributed by atoms with Gasteiger partial charge in [0.25, 0.3) is 5.88 Å². The number of aliphatic hydroxyl groups excluding tert-OH is 1. The number of anilines is 1. The number of Topliss-reactive ketones (excluding diaryl/α,β-unsaturated/α-hetero) is 2. The zero-order chi connectivity index (χ0) is 41.7. The zero-order valence-electron chi connectivity index (χ0n) is 35.1. The van der Waals surface area contributed by atoms with Gasteiger partial charge in [0.15, 0.2) is 25.4 Å². The van der Waals surface area contributed by atoms with E-state index >= 15 is 14.0 Å². The lowest BCUT2D eigenvalue weighted by Gasteiger charge is -2.55. The van der Waals surface area contributed by atoms with Gasteiger partial charge in [-0.3, -0.25) is 14.5 Å². The summed E-state index contributed by atoms with van der Waals surface area (Å²) in [7, 11) is 0.774. The molecular weight excluding hydrogens is 754 g/mol. The molecule has 4 aromatic rings. The van der Waals surface area contributed by atoms with Gasteiger partial charge in [0.1, 0.15) is 30.4 Å². The number of nitrogens with one attached hydrogen (secondary N) is 1. The van der Waals surface area contributed by atoms with Crippen LogP contribution < -0.4 is 14.8 Å². The number of carbonyl (C=O) groups is 2. The number of hydrogen-bond donors (Lipinski definition) is 2. The van der Waals surface area contributed by atoms with Crippen molar-refractivity contribution in [2.45, 2.75) is 96.9 Å². The highest BCUT2D eigenvalue weighted by atomic mass is 28.4.